The topological polar surface area (TPSA) is 71.1 Å². The molecule has 19 heavy (non-hydrogen) atoms. The summed E-state index contributed by atoms with van der Waals surface area (Å²) in [6.45, 7) is 2.64. The molecule has 2 rings (SSSR count). The number of hydrogen-bond acceptors (Lipinski definition) is 4. The number of amidine groups is 1. The van der Waals surface area contributed by atoms with Gasteiger partial charge in [0, 0.05) is 26.7 Å². The molecule has 0 spiro atoms. The van der Waals surface area contributed by atoms with Crippen LogP contribution in [0.2, 0.25) is 0 Å². The zero-order chi connectivity index (χ0) is 13.7. The molecule has 0 amide bonds. The lowest BCUT2D eigenvalue weighted by Gasteiger charge is -2.23. The Morgan fingerprint density at radius 2 is 2.26 bits per heavy atom. The van der Waals surface area contributed by atoms with Crippen LogP contribution in [0.3, 0.4) is 0 Å². The van der Waals surface area contributed by atoms with Crippen molar-refractivity contribution in [3.8, 4) is 0 Å². The molecule has 1 aliphatic heterocycles. The van der Waals surface area contributed by atoms with Gasteiger partial charge in [-0.05, 0) is 12.0 Å². The molecule has 0 radical (unpaired) electrons. The average Bonchev–Trinajstić information content (AvgIpc) is 2.92. The summed E-state index contributed by atoms with van der Waals surface area (Å²) < 4.78 is 5.36. The van der Waals surface area contributed by atoms with Crippen LogP contribution in [0.1, 0.15) is 17.9 Å². The van der Waals surface area contributed by atoms with Crippen LogP contribution in [0.25, 0.3) is 0 Å². The molecular weight excluding hydrogens is 242 g/mol. The summed E-state index contributed by atoms with van der Waals surface area (Å²) in [6, 6.07) is 9.91. The number of nitrogens with zero attached hydrogens (tertiary/aromatic N) is 2. The number of likely N-dealkylation sites (tertiary alicyclic amines) is 1. The second-order valence-corrected chi connectivity index (χ2v) is 4.89. The molecule has 1 aliphatic rings. The number of benzene rings is 1. The van der Waals surface area contributed by atoms with Gasteiger partial charge in [0.25, 0.3) is 0 Å². The largest absolute Gasteiger partial charge is 0.409 e. The fourth-order valence-electron chi connectivity index (χ4n) is 2.54. The Labute approximate surface area is 113 Å². The molecule has 0 saturated carbocycles. The second kappa shape index (κ2) is 6.54. The standard InChI is InChI=1S/C14H21N3O2/c1-19-12-7-8-17(9-12)10-13(14(15)16-18)11-5-3-2-4-6-11/h2-6,12-13,18H,7-10H2,1H3,(H2,15,16). The van der Waals surface area contributed by atoms with Crippen LogP contribution in [0, 0.1) is 0 Å². The summed E-state index contributed by atoms with van der Waals surface area (Å²) in [5.74, 6) is 0.175. The highest BCUT2D eigenvalue weighted by atomic mass is 16.5. The molecule has 104 valence electrons. The fraction of sp³-hybridized carbons (Fsp3) is 0.500. The molecule has 2 atom stereocenters. The van der Waals surface area contributed by atoms with Crippen LogP contribution in [0.5, 0.6) is 0 Å². The highest BCUT2D eigenvalue weighted by Crippen LogP contribution is 2.21. The van der Waals surface area contributed by atoms with E-state index < -0.39 is 0 Å². The van der Waals surface area contributed by atoms with E-state index in [1.807, 2.05) is 30.3 Å². The predicted molar refractivity (Wildman–Crippen MR) is 74.4 cm³/mol. The summed E-state index contributed by atoms with van der Waals surface area (Å²) in [5, 5.41) is 12.1. The molecular formula is C14H21N3O2. The Hall–Kier alpha value is -1.59. The van der Waals surface area contributed by atoms with Gasteiger partial charge >= 0.3 is 0 Å². The van der Waals surface area contributed by atoms with E-state index in [2.05, 4.69) is 10.1 Å². The first-order valence-corrected chi connectivity index (χ1v) is 6.52. The molecule has 1 saturated heterocycles. The van der Waals surface area contributed by atoms with Gasteiger partial charge < -0.3 is 15.7 Å². The zero-order valence-corrected chi connectivity index (χ0v) is 11.2. The van der Waals surface area contributed by atoms with Gasteiger partial charge in [-0.15, -0.1) is 0 Å². The van der Waals surface area contributed by atoms with E-state index in [1.54, 1.807) is 7.11 Å². The number of ether oxygens (including phenoxy) is 1. The van der Waals surface area contributed by atoms with Crippen molar-refractivity contribution in [2.45, 2.75) is 18.4 Å². The van der Waals surface area contributed by atoms with Gasteiger partial charge in [-0.2, -0.15) is 0 Å². The highest BCUT2D eigenvalue weighted by molar-refractivity contribution is 5.87. The predicted octanol–water partition coefficient (Wildman–Crippen LogP) is 1.24. The van der Waals surface area contributed by atoms with Crippen molar-refractivity contribution in [2.75, 3.05) is 26.7 Å². The molecule has 1 fully saturated rings. The minimum atomic E-state index is -0.0817. The summed E-state index contributed by atoms with van der Waals surface area (Å²) in [4.78, 5) is 2.30. The van der Waals surface area contributed by atoms with Crippen LogP contribution < -0.4 is 5.73 Å². The monoisotopic (exact) mass is 263 g/mol. The number of nitrogens with two attached hydrogens (primary N) is 1. The minimum Gasteiger partial charge on any atom is -0.409 e. The maximum absolute atomic E-state index is 8.96. The molecule has 1 heterocycles. The normalized spacial score (nSPS) is 22.6. The lowest BCUT2D eigenvalue weighted by Crippen LogP contribution is -2.34. The first-order chi connectivity index (χ1) is 9.24. The molecule has 0 aromatic heterocycles. The van der Waals surface area contributed by atoms with Gasteiger partial charge in [0.15, 0.2) is 0 Å². The van der Waals surface area contributed by atoms with E-state index in [0.717, 1.165) is 31.6 Å². The maximum atomic E-state index is 8.96. The lowest BCUT2D eigenvalue weighted by molar-refractivity contribution is 0.108. The average molecular weight is 263 g/mol. The Morgan fingerprint density at radius 3 is 2.84 bits per heavy atom. The summed E-state index contributed by atoms with van der Waals surface area (Å²) in [5.41, 5.74) is 6.90. The highest BCUT2D eigenvalue weighted by Gasteiger charge is 2.26. The first-order valence-electron chi connectivity index (χ1n) is 6.52. The van der Waals surface area contributed by atoms with E-state index in [1.165, 1.54) is 0 Å². The van der Waals surface area contributed by atoms with Crippen LogP contribution >= 0.6 is 0 Å². The lowest BCUT2D eigenvalue weighted by atomic mass is 9.97. The Morgan fingerprint density at radius 1 is 1.53 bits per heavy atom. The van der Waals surface area contributed by atoms with Crippen molar-refractivity contribution in [3.05, 3.63) is 35.9 Å². The Balaban J connectivity index is 2.08. The third-order valence-electron chi connectivity index (χ3n) is 3.68. The van der Waals surface area contributed by atoms with Gasteiger partial charge in [0.05, 0.1) is 12.0 Å². The quantitative estimate of drug-likeness (QED) is 0.363. The number of oxime groups is 1. The molecule has 5 nitrogen and oxygen atoms in total. The van der Waals surface area contributed by atoms with E-state index in [9.17, 15) is 0 Å². The van der Waals surface area contributed by atoms with E-state index in [4.69, 9.17) is 15.7 Å². The molecule has 0 aliphatic carbocycles. The van der Waals surface area contributed by atoms with Gasteiger partial charge in [-0.1, -0.05) is 35.5 Å². The van der Waals surface area contributed by atoms with E-state index in [0.29, 0.717) is 6.10 Å². The third-order valence-corrected chi connectivity index (χ3v) is 3.68. The Kier molecular flexibility index (Phi) is 4.76. The molecule has 1 aromatic rings. The van der Waals surface area contributed by atoms with E-state index >= 15 is 0 Å². The van der Waals surface area contributed by atoms with Crippen molar-refractivity contribution >= 4 is 5.84 Å². The smallest absolute Gasteiger partial charge is 0.147 e. The molecule has 2 unspecified atom stereocenters. The fourth-order valence-corrected chi connectivity index (χ4v) is 2.54. The van der Waals surface area contributed by atoms with Gasteiger partial charge in [0.1, 0.15) is 5.84 Å². The van der Waals surface area contributed by atoms with Crippen molar-refractivity contribution in [1.29, 1.82) is 0 Å². The SMILES string of the molecule is COC1CCN(CC(/C(N)=N/O)c2ccccc2)C1. The number of rotatable bonds is 5. The van der Waals surface area contributed by atoms with Gasteiger partial charge in [-0.3, -0.25) is 4.90 Å². The molecule has 0 bridgehead atoms. The van der Waals surface area contributed by atoms with Crippen LogP contribution in [0.4, 0.5) is 0 Å². The van der Waals surface area contributed by atoms with E-state index in [-0.39, 0.29) is 11.8 Å². The summed E-state index contributed by atoms with van der Waals surface area (Å²) in [7, 11) is 1.74. The van der Waals surface area contributed by atoms with Crippen molar-refractivity contribution in [1.82, 2.24) is 4.90 Å². The molecule has 5 heteroatoms. The van der Waals surface area contributed by atoms with Gasteiger partial charge in [0.2, 0.25) is 0 Å². The molecule has 1 aromatic carbocycles. The van der Waals surface area contributed by atoms with Crippen LogP contribution in [-0.2, 0) is 4.74 Å². The molecule has 3 N–H and O–H groups in total. The van der Waals surface area contributed by atoms with Gasteiger partial charge in [-0.25, -0.2) is 0 Å². The Bertz CT molecular complexity index is 422. The van der Waals surface area contributed by atoms with Crippen molar-refractivity contribution in [3.63, 3.8) is 0 Å². The maximum Gasteiger partial charge on any atom is 0.147 e. The minimum absolute atomic E-state index is 0.0817. The number of hydrogen-bond donors (Lipinski definition) is 2. The number of methoxy groups -OCH3 is 1. The van der Waals surface area contributed by atoms with Crippen molar-refractivity contribution < 1.29 is 9.94 Å². The first kappa shape index (κ1) is 13.8. The second-order valence-electron chi connectivity index (χ2n) is 4.89. The van der Waals surface area contributed by atoms with Crippen molar-refractivity contribution in [2.24, 2.45) is 10.9 Å². The summed E-state index contributed by atoms with van der Waals surface area (Å²) >= 11 is 0. The zero-order valence-electron chi connectivity index (χ0n) is 11.2. The van der Waals surface area contributed by atoms with Crippen LogP contribution in [-0.4, -0.2) is 48.8 Å². The van der Waals surface area contributed by atoms with Crippen LogP contribution in [0.15, 0.2) is 35.5 Å². The summed E-state index contributed by atoms with van der Waals surface area (Å²) in [6.07, 6.45) is 1.33. The third kappa shape index (κ3) is 3.45.